The zero-order valence-corrected chi connectivity index (χ0v) is 15.0. The number of hydrogen-bond acceptors (Lipinski definition) is 2. The maximum atomic E-state index is 14.8. The Labute approximate surface area is 144 Å². The summed E-state index contributed by atoms with van der Waals surface area (Å²) in [5.41, 5.74) is -0.668. The first kappa shape index (κ1) is 18.1. The topological polar surface area (TPSA) is 36.7 Å². The lowest BCUT2D eigenvalue weighted by atomic mass is 9.51. The van der Waals surface area contributed by atoms with Crippen LogP contribution in [0.1, 0.15) is 45.9 Å². The van der Waals surface area contributed by atoms with Gasteiger partial charge in [-0.2, -0.15) is 5.26 Å². The molecular weight excluding hydrogens is 299 g/mol. The molecule has 0 aliphatic rings. The van der Waals surface area contributed by atoms with E-state index in [0.717, 1.165) is 0 Å². The third-order valence-electron chi connectivity index (χ3n) is 5.70. The van der Waals surface area contributed by atoms with Crippen LogP contribution in [0.15, 0.2) is 48.7 Å². The fraction of sp³-hybridized carbons (Fsp3) is 0.429. The fourth-order valence-electron chi connectivity index (χ4n) is 3.82. The second-order valence-corrected chi connectivity index (χ2v) is 7.15. The molecule has 0 amide bonds. The molecule has 0 saturated heterocycles. The molecule has 1 aromatic carbocycles. The van der Waals surface area contributed by atoms with Gasteiger partial charge in [0.2, 0.25) is 0 Å². The monoisotopic (exact) mass is 324 g/mol. The van der Waals surface area contributed by atoms with E-state index in [0.29, 0.717) is 11.3 Å². The normalized spacial score (nSPS) is 14.5. The van der Waals surface area contributed by atoms with Gasteiger partial charge < -0.3 is 0 Å². The van der Waals surface area contributed by atoms with Crippen molar-refractivity contribution in [3.63, 3.8) is 0 Å². The summed E-state index contributed by atoms with van der Waals surface area (Å²) >= 11 is 0. The quantitative estimate of drug-likeness (QED) is 0.743. The highest BCUT2D eigenvalue weighted by atomic mass is 19.1. The van der Waals surface area contributed by atoms with Gasteiger partial charge in [-0.25, -0.2) is 4.39 Å². The molecule has 0 fully saturated rings. The van der Waals surface area contributed by atoms with Crippen LogP contribution in [0.5, 0.6) is 0 Å². The lowest BCUT2D eigenvalue weighted by Gasteiger charge is -2.50. The molecule has 1 aromatic heterocycles. The van der Waals surface area contributed by atoms with E-state index in [1.54, 1.807) is 24.4 Å². The van der Waals surface area contributed by atoms with Crippen LogP contribution in [-0.4, -0.2) is 4.98 Å². The number of aromatic nitrogens is 1. The molecule has 3 heteroatoms. The van der Waals surface area contributed by atoms with Crippen molar-refractivity contribution >= 4 is 0 Å². The Balaban J connectivity index is 2.95. The fourth-order valence-corrected chi connectivity index (χ4v) is 3.82. The minimum absolute atomic E-state index is 0.152. The Kier molecular flexibility index (Phi) is 5.08. The molecule has 24 heavy (non-hydrogen) atoms. The van der Waals surface area contributed by atoms with Crippen LogP contribution >= 0.6 is 0 Å². The highest BCUT2D eigenvalue weighted by Gasteiger charge is 2.56. The van der Waals surface area contributed by atoms with Crippen molar-refractivity contribution in [3.8, 4) is 6.07 Å². The number of halogens is 1. The van der Waals surface area contributed by atoms with Crippen molar-refractivity contribution in [3.05, 3.63) is 65.7 Å². The smallest absolute Gasteiger partial charge is 0.133 e. The van der Waals surface area contributed by atoms with Crippen LogP contribution in [-0.2, 0) is 5.41 Å². The van der Waals surface area contributed by atoms with Crippen LogP contribution in [0.4, 0.5) is 4.39 Å². The molecule has 2 aromatic rings. The van der Waals surface area contributed by atoms with Crippen LogP contribution in [0.3, 0.4) is 0 Å². The zero-order valence-electron chi connectivity index (χ0n) is 15.0. The summed E-state index contributed by atoms with van der Waals surface area (Å²) in [6.45, 7) is 10.4. The number of hydrogen-bond donors (Lipinski definition) is 0. The molecule has 0 spiro atoms. The molecule has 2 nitrogen and oxygen atoms in total. The Morgan fingerprint density at radius 2 is 1.58 bits per heavy atom. The van der Waals surface area contributed by atoms with Gasteiger partial charge in [-0.1, -0.05) is 58.9 Å². The predicted octanol–water partition coefficient (Wildman–Crippen LogP) is 5.35. The number of benzene rings is 1. The minimum atomic E-state index is -1.16. The van der Waals surface area contributed by atoms with Crippen molar-refractivity contribution in [2.24, 2.45) is 17.3 Å². The molecule has 1 unspecified atom stereocenters. The number of nitrogens with zero attached hydrogens (tertiary/aromatic N) is 2. The van der Waals surface area contributed by atoms with E-state index in [1.807, 2.05) is 18.2 Å². The van der Waals surface area contributed by atoms with E-state index >= 15 is 0 Å². The Morgan fingerprint density at radius 3 is 2.04 bits per heavy atom. The molecule has 0 radical (unpaired) electrons. The van der Waals surface area contributed by atoms with Gasteiger partial charge in [-0.05, 0) is 30.0 Å². The number of pyridine rings is 1. The molecule has 2 rings (SSSR count). The van der Waals surface area contributed by atoms with Gasteiger partial charge >= 0.3 is 0 Å². The highest BCUT2D eigenvalue weighted by Crippen LogP contribution is 2.55. The van der Waals surface area contributed by atoms with Gasteiger partial charge in [0.25, 0.3) is 0 Å². The molecule has 1 atom stereocenters. The summed E-state index contributed by atoms with van der Waals surface area (Å²) in [7, 11) is 0. The number of rotatable bonds is 5. The Hall–Kier alpha value is -2.21. The van der Waals surface area contributed by atoms with E-state index in [2.05, 4.69) is 45.7 Å². The van der Waals surface area contributed by atoms with Gasteiger partial charge in [0.1, 0.15) is 11.2 Å². The summed E-state index contributed by atoms with van der Waals surface area (Å²) in [6.07, 6.45) is 1.67. The molecular formula is C21H25FN2. The molecule has 126 valence electrons. The van der Waals surface area contributed by atoms with Crippen LogP contribution in [0.2, 0.25) is 0 Å². The molecule has 0 aliphatic heterocycles. The first-order chi connectivity index (χ1) is 11.3. The van der Waals surface area contributed by atoms with Crippen molar-refractivity contribution in [2.75, 3.05) is 0 Å². The van der Waals surface area contributed by atoms with Crippen molar-refractivity contribution in [1.82, 2.24) is 4.98 Å². The molecule has 0 bridgehead atoms. The first-order valence-corrected chi connectivity index (χ1v) is 8.40. The van der Waals surface area contributed by atoms with E-state index in [1.165, 1.54) is 6.07 Å². The highest BCUT2D eigenvalue weighted by molar-refractivity contribution is 5.47. The predicted molar refractivity (Wildman–Crippen MR) is 94.8 cm³/mol. The van der Waals surface area contributed by atoms with Crippen LogP contribution in [0.25, 0.3) is 0 Å². The standard InChI is InChI=1S/C21H25FN2/c1-15(2)20(5,16(3)4)21(14-23,19-12-8-9-13-24-19)17-10-6-7-11-18(17)22/h6-13,15-16H,1-5H3. The zero-order chi connectivity index (χ0) is 18.0. The SMILES string of the molecule is CC(C)C(C)(C(C)C)C(C#N)(c1ccccn1)c1ccccc1F. The van der Waals surface area contributed by atoms with E-state index in [-0.39, 0.29) is 17.7 Å². The minimum Gasteiger partial charge on any atom is -0.259 e. The summed E-state index contributed by atoms with van der Waals surface area (Å²) in [5, 5.41) is 10.4. The van der Waals surface area contributed by atoms with Crippen molar-refractivity contribution in [1.29, 1.82) is 5.26 Å². The summed E-state index contributed by atoms with van der Waals surface area (Å²) in [6, 6.07) is 14.6. The average Bonchev–Trinajstić information content (AvgIpc) is 2.57. The maximum absolute atomic E-state index is 14.8. The second kappa shape index (κ2) is 6.73. The van der Waals surface area contributed by atoms with E-state index < -0.39 is 10.8 Å². The number of nitriles is 1. The lowest BCUT2D eigenvalue weighted by molar-refractivity contribution is 0.0723. The van der Waals surface area contributed by atoms with Crippen LogP contribution < -0.4 is 0 Å². The summed E-state index contributed by atoms with van der Waals surface area (Å²) < 4.78 is 14.8. The van der Waals surface area contributed by atoms with Crippen molar-refractivity contribution < 1.29 is 4.39 Å². The largest absolute Gasteiger partial charge is 0.259 e. The molecule has 0 saturated carbocycles. The average molecular weight is 324 g/mol. The molecule has 0 aliphatic carbocycles. The van der Waals surface area contributed by atoms with Gasteiger partial charge in [0.05, 0.1) is 11.8 Å². The summed E-state index contributed by atoms with van der Waals surface area (Å²) in [4.78, 5) is 4.48. The summed E-state index contributed by atoms with van der Waals surface area (Å²) in [5.74, 6) is -0.0604. The van der Waals surface area contributed by atoms with Gasteiger partial charge in [0, 0.05) is 17.2 Å². The first-order valence-electron chi connectivity index (χ1n) is 8.40. The van der Waals surface area contributed by atoms with Gasteiger partial charge in [-0.15, -0.1) is 0 Å². The maximum Gasteiger partial charge on any atom is 0.133 e. The third kappa shape index (κ3) is 2.51. The Morgan fingerprint density at radius 1 is 1.00 bits per heavy atom. The van der Waals surface area contributed by atoms with Crippen molar-refractivity contribution in [2.45, 2.75) is 40.0 Å². The Bertz CT molecular complexity index is 723. The second-order valence-electron chi connectivity index (χ2n) is 7.15. The van der Waals surface area contributed by atoms with Gasteiger partial charge in [-0.3, -0.25) is 4.98 Å². The van der Waals surface area contributed by atoms with Crippen LogP contribution in [0, 0.1) is 34.4 Å². The molecule has 0 N–H and O–H groups in total. The third-order valence-corrected chi connectivity index (χ3v) is 5.70. The molecule has 1 heterocycles. The van der Waals surface area contributed by atoms with E-state index in [4.69, 9.17) is 0 Å². The van der Waals surface area contributed by atoms with Gasteiger partial charge in [0.15, 0.2) is 0 Å². The van der Waals surface area contributed by atoms with E-state index in [9.17, 15) is 9.65 Å². The lowest BCUT2D eigenvalue weighted by Crippen LogP contribution is -2.51.